The van der Waals surface area contributed by atoms with Crippen molar-refractivity contribution in [1.82, 2.24) is 15.0 Å². The lowest BCUT2D eigenvalue weighted by Gasteiger charge is -2.27. The molecule has 7 heteroatoms. The maximum absolute atomic E-state index is 5.38. The Morgan fingerprint density at radius 1 is 1.15 bits per heavy atom. The van der Waals surface area contributed by atoms with Crippen molar-refractivity contribution in [3.8, 4) is 0 Å². The highest BCUT2D eigenvalue weighted by atomic mass is 32.2. The first-order chi connectivity index (χ1) is 9.83. The van der Waals surface area contributed by atoms with Gasteiger partial charge in [0.2, 0.25) is 11.9 Å². The molecular weight excluding hydrogens is 274 g/mol. The molecule has 2 heterocycles. The minimum absolute atomic E-state index is 0.682. The monoisotopic (exact) mass is 297 g/mol. The summed E-state index contributed by atoms with van der Waals surface area (Å²) in [7, 11) is 0. The largest absolute Gasteiger partial charge is 0.378 e. The number of anilines is 2. The number of thioether (sulfide) groups is 1. The van der Waals surface area contributed by atoms with Crippen LogP contribution in [0.15, 0.2) is 5.16 Å². The number of nitrogens with zero attached hydrogens (tertiary/aromatic N) is 4. The second-order valence-corrected chi connectivity index (χ2v) is 5.68. The van der Waals surface area contributed by atoms with E-state index in [4.69, 9.17) is 4.74 Å². The summed E-state index contributed by atoms with van der Waals surface area (Å²) in [5.74, 6) is 2.47. The number of rotatable bonds is 7. The molecule has 0 aliphatic carbocycles. The maximum atomic E-state index is 5.38. The first kappa shape index (κ1) is 15.3. The van der Waals surface area contributed by atoms with E-state index >= 15 is 0 Å². The second-order valence-electron chi connectivity index (χ2n) is 4.62. The van der Waals surface area contributed by atoms with Gasteiger partial charge in [0.25, 0.3) is 0 Å². The van der Waals surface area contributed by atoms with Gasteiger partial charge in [-0.2, -0.15) is 15.0 Å². The van der Waals surface area contributed by atoms with Gasteiger partial charge in [0.05, 0.1) is 13.2 Å². The lowest BCUT2D eigenvalue weighted by molar-refractivity contribution is 0.122. The topological polar surface area (TPSA) is 63.2 Å². The number of aromatic nitrogens is 3. The highest BCUT2D eigenvalue weighted by Crippen LogP contribution is 2.19. The number of ether oxygens (including phenoxy) is 1. The standard InChI is InChI=1S/C13H23N5OS/c1-3-5-14-11-15-12(18-6-8-19-9-7-18)17-13(16-11)20-10-4-2/h3-10H2,1-2H3,(H,14,15,16,17). The van der Waals surface area contributed by atoms with Gasteiger partial charge in [-0.15, -0.1) is 0 Å². The lowest BCUT2D eigenvalue weighted by atomic mass is 10.4. The molecule has 2 rings (SSSR count). The molecule has 1 aliphatic heterocycles. The van der Waals surface area contributed by atoms with Crippen molar-refractivity contribution in [2.24, 2.45) is 0 Å². The Morgan fingerprint density at radius 2 is 1.95 bits per heavy atom. The molecule has 6 nitrogen and oxygen atoms in total. The van der Waals surface area contributed by atoms with Gasteiger partial charge in [-0.25, -0.2) is 0 Å². The second kappa shape index (κ2) is 8.26. The Hall–Kier alpha value is -1.08. The molecular formula is C13H23N5OS. The summed E-state index contributed by atoms with van der Waals surface area (Å²) in [6, 6.07) is 0. The highest BCUT2D eigenvalue weighted by molar-refractivity contribution is 7.99. The summed E-state index contributed by atoms with van der Waals surface area (Å²) >= 11 is 1.69. The predicted molar refractivity (Wildman–Crippen MR) is 82.7 cm³/mol. The van der Waals surface area contributed by atoms with Gasteiger partial charge in [-0.1, -0.05) is 25.6 Å². The third kappa shape index (κ3) is 4.49. The van der Waals surface area contributed by atoms with Crippen molar-refractivity contribution in [2.75, 3.05) is 48.8 Å². The van der Waals surface area contributed by atoms with Crippen LogP contribution in [-0.4, -0.2) is 53.6 Å². The van der Waals surface area contributed by atoms with E-state index < -0.39 is 0 Å². The zero-order valence-corrected chi connectivity index (χ0v) is 13.1. The van der Waals surface area contributed by atoms with Gasteiger partial charge >= 0.3 is 0 Å². The predicted octanol–water partition coefficient (Wildman–Crippen LogP) is 2.03. The van der Waals surface area contributed by atoms with E-state index in [0.717, 1.165) is 62.5 Å². The molecule has 0 atom stereocenters. The van der Waals surface area contributed by atoms with E-state index in [-0.39, 0.29) is 0 Å². The van der Waals surface area contributed by atoms with Crippen molar-refractivity contribution in [2.45, 2.75) is 31.8 Å². The first-order valence-corrected chi connectivity index (χ1v) is 8.27. The molecule has 0 aromatic carbocycles. The summed E-state index contributed by atoms with van der Waals surface area (Å²) in [6.45, 7) is 8.33. The van der Waals surface area contributed by atoms with E-state index in [2.05, 4.69) is 39.0 Å². The molecule has 112 valence electrons. The normalized spacial score (nSPS) is 15.4. The van der Waals surface area contributed by atoms with Crippen LogP contribution in [0, 0.1) is 0 Å². The summed E-state index contributed by atoms with van der Waals surface area (Å²) in [5, 5.41) is 4.06. The fraction of sp³-hybridized carbons (Fsp3) is 0.769. The van der Waals surface area contributed by atoms with Crippen LogP contribution in [-0.2, 0) is 4.74 Å². The van der Waals surface area contributed by atoms with Crippen LogP contribution < -0.4 is 10.2 Å². The zero-order chi connectivity index (χ0) is 14.2. The molecule has 1 fully saturated rings. The minimum Gasteiger partial charge on any atom is -0.378 e. The summed E-state index contributed by atoms with van der Waals surface area (Å²) in [6.07, 6.45) is 2.16. The van der Waals surface area contributed by atoms with Crippen molar-refractivity contribution in [3.63, 3.8) is 0 Å². The summed E-state index contributed by atoms with van der Waals surface area (Å²) in [5.41, 5.74) is 0. The summed E-state index contributed by atoms with van der Waals surface area (Å²) in [4.78, 5) is 15.7. The SMILES string of the molecule is CCCNc1nc(SCCC)nc(N2CCOCC2)n1. The molecule has 1 N–H and O–H groups in total. The number of nitrogens with one attached hydrogen (secondary N) is 1. The van der Waals surface area contributed by atoms with E-state index in [0.29, 0.717) is 5.95 Å². The van der Waals surface area contributed by atoms with Gasteiger partial charge in [0.15, 0.2) is 5.16 Å². The van der Waals surface area contributed by atoms with Crippen LogP contribution in [0.4, 0.5) is 11.9 Å². The number of hydrogen-bond donors (Lipinski definition) is 1. The van der Waals surface area contributed by atoms with E-state index in [1.54, 1.807) is 11.8 Å². The van der Waals surface area contributed by atoms with Gasteiger partial charge in [0, 0.05) is 25.4 Å². The van der Waals surface area contributed by atoms with Gasteiger partial charge < -0.3 is 15.0 Å². The Kier molecular flexibility index (Phi) is 6.32. The molecule has 1 aromatic rings. The van der Waals surface area contributed by atoms with Gasteiger partial charge in [-0.05, 0) is 12.8 Å². The highest BCUT2D eigenvalue weighted by Gasteiger charge is 2.16. The number of morpholine rings is 1. The van der Waals surface area contributed by atoms with Crippen LogP contribution >= 0.6 is 11.8 Å². The lowest BCUT2D eigenvalue weighted by Crippen LogP contribution is -2.37. The van der Waals surface area contributed by atoms with Gasteiger partial charge in [-0.3, -0.25) is 0 Å². The fourth-order valence-corrected chi connectivity index (χ4v) is 2.51. The first-order valence-electron chi connectivity index (χ1n) is 7.29. The molecule has 0 unspecified atom stereocenters. The van der Waals surface area contributed by atoms with Crippen molar-refractivity contribution >= 4 is 23.7 Å². The van der Waals surface area contributed by atoms with Crippen LogP contribution in [0.1, 0.15) is 26.7 Å². The molecule has 1 saturated heterocycles. The number of hydrogen-bond acceptors (Lipinski definition) is 7. The Labute approximate surface area is 124 Å². The van der Waals surface area contributed by atoms with Crippen LogP contribution in [0.25, 0.3) is 0 Å². The van der Waals surface area contributed by atoms with E-state index in [1.165, 1.54) is 0 Å². The van der Waals surface area contributed by atoms with E-state index in [1.807, 2.05) is 0 Å². The average Bonchev–Trinajstić information content (AvgIpc) is 2.51. The van der Waals surface area contributed by atoms with Crippen LogP contribution in [0.5, 0.6) is 0 Å². The summed E-state index contributed by atoms with van der Waals surface area (Å²) < 4.78 is 5.38. The van der Waals surface area contributed by atoms with Crippen LogP contribution in [0.2, 0.25) is 0 Å². The van der Waals surface area contributed by atoms with Gasteiger partial charge in [0.1, 0.15) is 0 Å². The molecule has 20 heavy (non-hydrogen) atoms. The fourth-order valence-electron chi connectivity index (χ4n) is 1.82. The van der Waals surface area contributed by atoms with Crippen molar-refractivity contribution in [1.29, 1.82) is 0 Å². The average molecular weight is 297 g/mol. The Morgan fingerprint density at radius 3 is 2.65 bits per heavy atom. The third-order valence-corrected chi connectivity index (χ3v) is 3.92. The van der Waals surface area contributed by atoms with E-state index in [9.17, 15) is 0 Å². The molecule has 0 amide bonds. The molecule has 0 radical (unpaired) electrons. The molecule has 0 saturated carbocycles. The molecule has 1 aromatic heterocycles. The Bertz CT molecular complexity index is 385. The van der Waals surface area contributed by atoms with Crippen molar-refractivity contribution in [3.05, 3.63) is 0 Å². The molecule has 0 bridgehead atoms. The molecule has 1 aliphatic rings. The minimum atomic E-state index is 0.682. The van der Waals surface area contributed by atoms with Crippen molar-refractivity contribution < 1.29 is 4.74 Å². The van der Waals surface area contributed by atoms with Crippen LogP contribution in [0.3, 0.4) is 0 Å². The third-order valence-electron chi connectivity index (χ3n) is 2.87. The maximum Gasteiger partial charge on any atom is 0.231 e. The molecule has 0 spiro atoms. The Balaban J connectivity index is 2.14. The quantitative estimate of drug-likeness (QED) is 0.773. The smallest absolute Gasteiger partial charge is 0.231 e. The zero-order valence-electron chi connectivity index (χ0n) is 12.3.